The van der Waals surface area contributed by atoms with Crippen LogP contribution in [0.3, 0.4) is 0 Å². The molecule has 0 heterocycles. The van der Waals surface area contributed by atoms with Gasteiger partial charge in [0.1, 0.15) is 12.2 Å². The summed E-state index contributed by atoms with van der Waals surface area (Å²) in [5, 5.41) is 13.9. The number of carbonyl (C=O) groups excluding carboxylic acids is 1. The van der Waals surface area contributed by atoms with Crippen molar-refractivity contribution in [2.24, 2.45) is 15.3 Å². The molecule has 0 saturated heterocycles. The van der Waals surface area contributed by atoms with Crippen LogP contribution in [0.15, 0.2) is 62.7 Å². The van der Waals surface area contributed by atoms with Gasteiger partial charge in [0.2, 0.25) is 5.91 Å². The molecule has 0 unspecified atom stereocenters. The second kappa shape index (κ2) is 8.95. The van der Waals surface area contributed by atoms with Gasteiger partial charge in [-0.25, -0.2) is 0 Å². The fourth-order valence-corrected chi connectivity index (χ4v) is 2.55. The number of benzene rings is 2. The van der Waals surface area contributed by atoms with Crippen molar-refractivity contribution >= 4 is 38.8 Å². The Hall–Kier alpha value is -3.47. The van der Waals surface area contributed by atoms with E-state index in [9.17, 15) is 13.2 Å². The number of amides is 1. The van der Waals surface area contributed by atoms with Crippen molar-refractivity contribution in [2.75, 3.05) is 30.9 Å². The Morgan fingerprint density at radius 1 is 1.18 bits per heavy atom. The van der Waals surface area contributed by atoms with Gasteiger partial charge in [-0.15, -0.1) is 5.11 Å². The largest absolute Gasteiger partial charge is 0.378 e. The van der Waals surface area contributed by atoms with Gasteiger partial charge in [0, 0.05) is 24.7 Å². The van der Waals surface area contributed by atoms with Crippen LogP contribution in [0.2, 0.25) is 0 Å². The van der Waals surface area contributed by atoms with Crippen LogP contribution in [0.25, 0.3) is 10.4 Å². The molecule has 0 bridgehead atoms. The van der Waals surface area contributed by atoms with Gasteiger partial charge in [0.15, 0.2) is 0 Å². The van der Waals surface area contributed by atoms with E-state index >= 15 is 0 Å². The van der Waals surface area contributed by atoms with Gasteiger partial charge in [0.05, 0.1) is 16.3 Å². The van der Waals surface area contributed by atoms with E-state index in [-0.39, 0.29) is 11.4 Å². The molecule has 2 aromatic carbocycles. The fraction of sp³-hybridized carbons (Fsp3) is 0.188. The van der Waals surface area contributed by atoms with Crippen LogP contribution in [-0.2, 0) is 14.9 Å². The number of azo groups is 1. The number of nitrogens with one attached hydrogen (secondary N) is 1. The van der Waals surface area contributed by atoms with E-state index in [0.717, 1.165) is 5.69 Å². The zero-order valence-corrected chi connectivity index (χ0v) is 15.8. The minimum atomic E-state index is -4.29. The summed E-state index contributed by atoms with van der Waals surface area (Å²) in [6, 6.07) is 10.3. The van der Waals surface area contributed by atoms with E-state index in [4.69, 9.17) is 10.1 Å². The first-order chi connectivity index (χ1) is 13.2. The van der Waals surface area contributed by atoms with Crippen molar-refractivity contribution in [1.29, 1.82) is 0 Å². The minimum Gasteiger partial charge on any atom is -0.378 e. The molecule has 0 fully saturated rings. The van der Waals surface area contributed by atoms with Crippen molar-refractivity contribution < 1.29 is 17.8 Å². The van der Waals surface area contributed by atoms with Crippen molar-refractivity contribution in [2.45, 2.75) is 4.90 Å². The van der Waals surface area contributed by atoms with E-state index in [0.29, 0.717) is 17.1 Å². The first-order valence-corrected chi connectivity index (χ1v) is 9.26. The lowest BCUT2D eigenvalue weighted by atomic mass is 10.2. The zero-order valence-electron chi connectivity index (χ0n) is 15.0. The molecule has 146 valence electrons. The number of azide groups is 1. The highest BCUT2D eigenvalue weighted by molar-refractivity contribution is 7.85. The molecule has 0 saturated carbocycles. The average molecular weight is 403 g/mol. The van der Waals surface area contributed by atoms with Gasteiger partial charge in [-0.2, -0.15) is 13.5 Å². The molecular formula is C16H17N7O4S. The third-order valence-electron chi connectivity index (χ3n) is 3.46. The second-order valence-corrected chi connectivity index (χ2v) is 7.12. The van der Waals surface area contributed by atoms with Gasteiger partial charge in [-0.1, -0.05) is 5.11 Å². The van der Waals surface area contributed by atoms with Gasteiger partial charge in [0.25, 0.3) is 10.1 Å². The SMILES string of the molecule is CN(C)c1ccc(N=Nc2ccc(S(=O)(=O)O)cc2)c(NC(=O)CN=[N+]=[N-])c1. The Labute approximate surface area is 161 Å². The predicted octanol–water partition coefficient (Wildman–Crippen LogP) is 3.66. The smallest absolute Gasteiger partial charge is 0.294 e. The standard InChI is InChI=1S/C16H17N7O4S/c1-23(2)12-5-8-14(15(9-12)19-16(24)10-18-22-17)21-20-11-3-6-13(7-4-11)28(25,26)27/h3-9H,10H2,1-2H3,(H,19,24)(H,25,26,27). The summed E-state index contributed by atoms with van der Waals surface area (Å²) in [6.45, 7) is -0.365. The zero-order chi connectivity index (χ0) is 20.7. The van der Waals surface area contributed by atoms with Crippen LogP contribution in [0, 0.1) is 0 Å². The Balaban J connectivity index is 2.31. The summed E-state index contributed by atoms with van der Waals surface area (Å²) in [7, 11) is -0.622. The number of rotatable bonds is 7. The molecule has 0 spiro atoms. The number of nitrogens with zero attached hydrogens (tertiary/aromatic N) is 6. The third kappa shape index (κ3) is 5.77. The van der Waals surface area contributed by atoms with E-state index in [1.807, 2.05) is 19.0 Å². The van der Waals surface area contributed by atoms with Crippen molar-refractivity contribution in [3.8, 4) is 0 Å². The maximum Gasteiger partial charge on any atom is 0.294 e. The molecule has 12 heteroatoms. The summed E-state index contributed by atoms with van der Waals surface area (Å²) in [5.41, 5.74) is 10.2. The number of anilines is 2. The maximum absolute atomic E-state index is 11.9. The van der Waals surface area contributed by atoms with E-state index < -0.39 is 16.0 Å². The van der Waals surface area contributed by atoms with Crippen molar-refractivity contribution in [1.82, 2.24) is 0 Å². The van der Waals surface area contributed by atoms with E-state index in [2.05, 4.69) is 25.6 Å². The summed E-state index contributed by atoms with van der Waals surface area (Å²) < 4.78 is 31.1. The molecule has 1 amide bonds. The Kier molecular flexibility index (Phi) is 6.66. The lowest BCUT2D eigenvalue weighted by Gasteiger charge is -2.15. The molecule has 0 atom stereocenters. The number of hydrogen-bond acceptors (Lipinski definition) is 7. The van der Waals surface area contributed by atoms with Gasteiger partial charge < -0.3 is 10.2 Å². The summed E-state index contributed by atoms with van der Waals surface area (Å²) >= 11 is 0. The molecule has 0 aliphatic heterocycles. The lowest BCUT2D eigenvalue weighted by molar-refractivity contribution is -0.114. The summed E-state index contributed by atoms with van der Waals surface area (Å²) in [4.78, 5) is 16.0. The molecule has 0 aliphatic carbocycles. The molecule has 0 aliphatic rings. The molecule has 2 N–H and O–H groups in total. The van der Waals surface area contributed by atoms with Crippen LogP contribution in [-0.4, -0.2) is 39.5 Å². The third-order valence-corrected chi connectivity index (χ3v) is 4.32. The maximum atomic E-state index is 11.9. The first kappa shape index (κ1) is 20.8. The summed E-state index contributed by atoms with van der Waals surface area (Å²) in [5.74, 6) is -0.511. The topological polar surface area (TPSA) is 160 Å². The van der Waals surface area contributed by atoms with Gasteiger partial charge in [-0.3, -0.25) is 9.35 Å². The average Bonchev–Trinajstić information content (AvgIpc) is 2.64. The molecule has 2 rings (SSSR count). The van der Waals surface area contributed by atoms with Gasteiger partial charge in [-0.05, 0) is 48.0 Å². The van der Waals surface area contributed by atoms with Crippen LogP contribution in [0.1, 0.15) is 0 Å². The van der Waals surface area contributed by atoms with E-state index in [1.54, 1.807) is 18.2 Å². The Morgan fingerprint density at radius 3 is 2.43 bits per heavy atom. The summed E-state index contributed by atoms with van der Waals surface area (Å²) in [6.07, 6.45) is 0. The quantitative estimate of drug-likeness (QED) is 0.312. The van der Waals surface area contributed by atoms with Gasteiger partial charge >= 0.3 is 0 Å². The van der Waals surface area contributed by atoms with Crippen LogP contribution < -0.4 is 10.2 Å². The van der Waals surface area contributed by atoms with E-state index in [1.165, 1.54) is 24.3 Å². The van der Waals surface area contributed by atoms with Crippen molar-refractivity contribution in [3.05, 3.63) is 52.9 Å². The van der Waals surface area contributed by atoms with Crippen LogP contribution >= 0.6 is 0 Å². The highest BCUT2D eigenvalue weighted by Crippen LogP contribution is 2.31. The number of carbonyl (C=O) groups is 1. The monoisotopic (exact) mass is 403 g/mol. The molecule has 2 aromatic rings. The molecule has 11 nitrogen and oxygen atoms in total. The Bertz CT molecular complexity index is 1040. The Morgan fingerprint density at radius 2 is 1.86 bits per heavy atom. The number of hydrogen-bond donors (Lipinski definition) is 2. The first-order valence-electron chi connectivity index (χ1n) is 7.82. The fourth-order valence-electron chi connectivity index (χ4n) is 2.07. The highest BCUT2D eigenvalue weighted by Gasteiger charge is 2.10. The predicted molar refractivity (Wildman–Crippen MR) is 104 cm³/mol. The van der Waals surface area contributed by atoms with Crippen LogP contribution in [0.5, 0.6) is 0 Å². The lowest BCUT2D eigenvalue weighted by Crippen LogP contribution is -2.15. The second-order valence-electron chi connectivity index (χ2n) is 5.70. The normalized spacial score (nSPS) is 11.1. The van der Waals surface area contributed by atoms with Crippen molar-refractivity contribution in [3.63, 3.8) is 0 Å². The molecule has 0 aromatic heterocycles. The highest BCUT2D eigenvalue weighted by atomic mass is 32.2. The molecule has 28 heavy (non-hydrogen) atoms. The minimum absolute atomic E-state index is 0.257. The molecular weight excluding hydrogens is 386 g/mol. The van der Waals surface area contributed by atoms with Crippen LogP contribution in [0.4, 0.5) is 22.7 Å². The molecule has 0 radical (unpaired) electrons.